The molecule has 0 radical (unpaired) electrons. The molecule has 0 aliphatic rings. The lowest BCUT2D eigenvalue weighted by Gasteiger charge is -2.12. The van der Waals surface area contributed by atoms with E-state index in [2.05, 4.69) is 10.3 Å². The molecular weight excluding hydrogens is 247 g/mol. The molecule has 94 valence electrons. The van der Waals surface area contributed by atoms with E-state index in [0.717, 1.165) is 6.26 Å². The van der Waals surface area contributed by atoms with Gasteiger partial charge in [-0.1, -0.05) is 0 Å². The Labute approximate surface area is 99.0 Å². The standard InChI is InChI=1S/C10H13FN2O3S/c1-7(6-17(2,15)16)13-10(14)8-4-3-5-12-9(8)11/h3-5,7H,6H2,1-2H3,(H,13,14). The van der Waals surface area contributed by atoms with Crippen LogP contribution in [-0.2, 0) is 9.84 Å². The minimum absolute atomic E-state index is 0.194. The number of aromatic nitrogens is 1. The summed E-state index contributed by atoms with van der Waals surface area (Å²) in [6.45, 7) is 1.53. The third-order valence-corrected chi connectivity index (χ3v) is 3.04. The molecule has 1 rings (SSSR count). The molecule has 7 heteroatoms. The summed E-state index contributed by atoms with van der Waals surface area (Å²) >= 11 is 0. The summed E-state index contributed by atoms with van der Waals surface area (Å²) in [4.78, 5) is 14.9. The van der Waals surface area contributed by atoms with Gasteiger partial charge in [-0.2, -0.15) is 4.39 Å². The minimum Gasteiger partial charge on any atom is -0.348 e. The first-order chi connectivity index (χ1) is 7.79. The van der Waals surface area contributed by atoms with Gasteiger partial charge in [0.15, 0.2) is 0 Å². The molecule has 1 aromatic rings. The van der Waals surface area contributed by atoms with Gasteiger partial charge >= 0.3 is 0 Å². The number of halogens is 1. The molecule has 1 aromatic heterocycles. The predicted molar refractivity (Wildman–Crippen MR) is 60.8 cm³/mol. The summed E-state index contributed by atoms with van der Waals surface area (Å²) in [7, 11) is -3.19. The maximum atomic E-state index is 13.1. The van der Waals surface area contributed by atoms with E-state index in [1.807, 2.05) is 0 Å². The monoisotopic (exact) mass is 260 g/mol. The number of rotatable bonds is 4. The van der Waals surface area contributed by atoms with E-state index in [-0.39, 0.29) is 11.3 Å². The molecule has 0 bridgehead atoms. The van der Waals surface area contributed by atoms with Gasteiger partial charge in [-0.15, -0.1) is 0 Å². The first-order valence-electron chi connectivity index (χ1n) is 4.88. The second kappa shape index (κ2) is 5.22. The third kappa shape index (κ3) is 4.48. The fourth-order valence-electron chi connectivity index (χ4n) is 1.35. The molecule has 1 amide bonds. The lowest BCUT2D eigenvalue weighted by molar-refractivity contribution is 0.0938. The Morgan fingerprint density at radius 3 is 2.76 bits per heavy atom. The number of pyridine rings is 1. The van der Waals surface area contributed by atoms with Crippen LogP contribution in [0, 0.1) is 5.95 Å². The fourth-order valence-corrected chi connectivity index (χ4v) is 2.34. The largest absolute Gasteiger partial charge is 0.348 e. The number of nitrogens with zero attached hydrogens (tertiary/aromatic N) is 1. The Morgan fingerprint density at radius 1 is 1.59 bits per heavy atom. The molecule has 1 N–H and O–H groups in total. The zero-order valence-electron chi connectivity index (χ0n) is 9.47. The van der Waals surface area contributed by atoms with Crippen LogP contribution in [0.15, 0.2) is 18.3 Å². The van der Waals surface area contributed by atoms with Crippen molar-refractivity contribution in [2.75, 3.05) is 12.0 Å². The predicted octanol–water partition coefficient (Wildman–Crippen LogP) is 0.384. The van der Waals surface area contributed by atoms with E-state index >= 15 is 0 Å². The quantitative estimate of drug-likeness (QED) is 0.794. The van der Waals surface area contributed by atoms with Gasteiger partial charge < -0.3 is 5.32 Å². The van der Waals surface area contributed by atoms with E-state index in [0.29, 0.717) is 0 Å². The van der Waals surface area contributed by atoms with Gasteiger partial charge in [-0.05, 0) is 19.1 Å². The fraction of sp³-hybridized carbons (Fsp3) is 0.400. The maximum absolute atomic E-state index is 13.1. The third-order valence-electron chi connectivity index (χ3n) is 1.93. The Balaban J connectivity index is 2.71. The number of nitrogens with one attached hydrogen (secondary N) is 1. The molecule has 5 nitrogen and oxygen atoms in total. The SMILES string of the molecule is CC(CS(C)(=O)=O)NC(=O)c1cccnc1F. The summed E-state index contributed by atoms with van der Waals surface area (Å²) in [6, 6.07) is 2.13. The minimum atomic E-state index is -3.19. The molecule has 0 saturated heterocycles. The van der Waals surface area contributed by atoms with Crippen LogP contribution in [0.1, 0.15) is 17.3 Å². The van der Waals surface area contributed by atoms with E-state index < -0.39 is 27.7 Å². The summed E-state index contributed by atoms with van der Waals surface area (Å²) in [5.41, 5.74) is -0.201. The van der Waals surface area contributed by atoms with Crippen molar-refractivity contribution >= 4 is 15.7 Å². The number of hydrogen-bond acceptors (Lipinski definition) is 4. The molecule has 0 aliphatic heterocycles. The highest BCUT2D eigenvalue weighted by molar-refractivity contribution is 7.90. The average molecular weight is 260 g/mol. The van der Waals surface area contributed by atoms with Crippen molar-refractivity contribution in [3.8, 4) is 0 Å². The van der Waals surface area contributed by atoms with E-state index in [1.165, 1.54) is 25.3 Å². The van der Waals surface area contributed by atoms with Crippen LogP contribution < -0.4 is 5.32 Å². The summed E-state index contributed by atoms with van der Waals surface area (Å²) < 4.78 is 35.1. The van der Waals surface area contributed by atoms with Crippen LogP contribution in [0.25, 0.3) is 0 Å². The van der Waals surface area contributed by atoms with Crippen molar-refractivity contribution in [2.45, 2.75) is 13.0 Å². The highest BCUT2D eigenvalue weighted by Crippen LogP contribution is 2.03. The average Bonchev–Trinajstić information content (AvgIpc) is 2.14. The van der Waals surface area contributed by atoms with Crippen molar-refractivity contribution in [1.29, 1.82) is 0 Å². The molecule has 1 unspecified atom stereocenters. The molecule has 0 saturated carbocycles. The van der Waals surface area contributed by atoms with Gasteiger partial charge in [-0.25, -0.2) is 13.4 Å². The van der Waals surface area contributed by atoms with Gasteiger partial charge in [0.1, 0.15) is 9.84 Å². The van der Waals surface area contributed by atoms with Crippen molar-refractivity contribution in [3.63, 3.8) is 0 Å². The van der Waals surface area contributed by atoms with E-state index in [1.54, 1.807) is 0 Å². The Morgan fingerprint density at radius 2 is 2.24 bits per heavy atom. The molecule has 0 aromatic carbocycles. The number of carbonyl (C=O) groups excluding carboxylic acids is 1. The molecule has 1 heterocycles. The molecule has 0 fully saturated rings. The number of carbonyl (C=O) groups is 1. The van der Waals surface area contributed by atoms with Crippen LogP contribution in [-0.4, -0.2) is 37.4 Å². The Bertz CT molecular complexity index is 516. The van der Waals surface area contributed by atoms with Crippen LogP contribution in [0.3, 0.4) is 0 Å². The second-order valence-corrected chi connectivity index (χ2v) is 5.99. The maximum Gasteiger partial charge on any atom is 0.256 e. The van der Waals surface area contributed by atoms with Crippen LogP contribution in [0.4, 0.5) is 4.39 Å². The lowest BCUT2D eigenvalue weighted by atomic mass is 10.2. The molecule has 17 heavy (non-hydrogen) atoms. The zero-order chi connectivity index (χ0) is 13.1. The topological polar surface area (TPSA) is 76.1 Å². The van der Waals surface area contributed by atoms with Gasteiger partial charge in [0, 0.05) is 18.5 Å². The number of amides is 1. The highest BCUT2D eigenvalue weighted by Gasteiger charge is 2.17. The molecular formula is C10H13FN2O3S. The summed E-state index contributed by atoms with van der Waals surface area (Å²) in [5, 5.41) is 2.40. The van der Waals surface area contributed by atoms with Crippen LogP contribution in [0.2, 0.25) is 0 Å². The van der Waals surface area contributed by atoms with Gasteiger partial charge in [0.05, 0.1) is 11.3 Å². The Hall–Kier alpha value is -1.50. The van der Waals surface area contributed by atoms with Crippen molar-refractivity contribution in [3.05, 3.63) is 29.8 Å². The van der Waals surface area contributed by atoms with Gasteiger partial charge in [0.25, 0.3) is 5.91 Å². The van der Waals surface area contributed by atoms with Crippen molar-refractivity contribution < 1.29 is 17.6 Å². The lowest BCUT2D eigenvalue weighted by Crippen LogP contribution is -2.37. The van der Waals surface area contributed by atoms with Gasteiger partial charge in [0.2, 0.25) is 5.95 Å². The first kappa shape index (κ1) is 13.6. The highest BCUT2D eigenvalue weighted by atomic mass is 32.2. The summed E-state index contributed by atoms with van der Waals surface area (Å²) in [5.74, 6) is -1.75. The Kier molecular flexibility index (Phi) is 4.17. The molecule has 1 atom stereocenters. The van der Waals surface area contributed by atoms with Crippen LogP contribution in [0.5, 0.6) is 0 Å². The first-order valence-corrected chi connectivity index (χ1v) is 6.95. The van der Waals surface area contributed by atoms with Crippen LogP contribution >= 0.6 is 0 Å². The van der Waals surface area contributed by atoms with Gasteiger partial charge in [-0.3, -0.25) is 4.79 Å². The van der Waals surface area contributed by atoms with Crippen molar-refractivity contribution in [1.82, 2.24) is 10.3 Å². The van der Waals surface area contributed by atoms with Crippen molar-refractivity contribution in [2.24, 2.45) is 0 Å². The normalized spacial score (nSPS) is 13.1. The zero-order valence-corrected chi connectivity index (χ0v) is 10.3. The summed E-state index contributed by atoms with van der Waals surface area (Å²) in [6.07, 6.45) is 2.30. The number of sulfone groups is 1. The smallest absolute Gasteiger partial charge is 0.256 e. The van der Waals surface area contributed by atoms with E-state index in [9.17, 15) is 17.6 Å². The molecule has 0 spiro atoms. The number of hydrogen-bond donors (Lipinski definition) is 1. The molecule has 0 aliphatic carbocycles. The second-order valence-electron chi connectivity index (χ2n) is 3.81. The van der Waals surface area contributed by atoms with E-state index in [4.69, 9.17) is 0 Å².